The van der Waals surface area contributed by atoms with Gasteiger partial charge in [0.1, 0.15) is 5.78 Å². The Bertz CT molecular complexity index is 267. The van der Waals surface area contributed by atoms with Crippen LogP contribution in [0.25, 0.3) is 0 Å². The Morgan fingerprint density at radius 2 is 1.68 bits per heavy atom. The fraction of sp³-hybridized carbons (Fsp3) is 0.857. The van der Waals surface area contributed by atoms with E-state index in [1.165, 1.54) is 0 Å². The minimum absolute atomic E-state index is 0.111. The van der Waals surface area contributed by atoms with Crippen LogP contribution in [0.5, 0.6) is 0 Å². The standard InChI is InChI=1S/C14H28N2O3/c1-5-9-16(11-10-15(3)4)12-13(17)7-8-14(18)19-6-2/h5-12H2,1-4H3. The van der Waals surface area contributed by atoms with E-state index < -0.39 is 0 Å². The molecule has 0 aliphatic carbocycles. The number of likely N-dealkylation sites (N-methyl/N-ethyl adjacent to an activating group) is 1. The quantitative estimate of drug-likeness (QED) is 0.529. The number of nitrogens with zero attached hydrogens (tertiary/aromatic N) is 2. The van der Waals surface area contributed by atoms with Crippen LogP contribution in [0, 0.1) is 0 Å². The molecular weight excluding hydrogens is 244 g/mol. The van der Waals surface area contributed by atoms with Crippen molar-refractivity contribution in [2.75, 3.05) is 46.9 Å². The Hall–Kier alpha value is -0.940. The van der Waals surface area contributed by atoms with Gasteiger partial charge in [0, 0.05) is 19.5 Å². The van der Waals surface area contributed by atoms with Gasteiger partial charge in [0.05, 0.1) is 19.6 Å². The third-order valence-electron chi connectivity index (χ3n) is 2.72. The molecule has 0 bridgehead atoms. The first-order chi connectivity index (χ1) is 8.99. The number of carbonyl (C=O) groups excluding carboxylic acids is 2. The zero-order valence-corrected chi connectivity index (χ0v) is 12.8. The summed E-state index contributed by atoms with van der Waals surface area (Å²) < 4.78 is 4.81. The lowest BCUT2D eigenvalue weighted by Crippen LogP contribution is -2.36. The van der Waals surface area contributed by atoms with Gasteiger partial charge in [0.25, 0.3) is 0 Å². The molecule has 0 unspecified atom stereocenters. The highest BCUT2D eigenvalue weighted by atomic mass is 16.5. The fourth-order valence-corrected chi connectivity index (χ4v) is 1.73. The summed E-state index contributed by atoms with van der Waals surface area (Å²) in [5.41, 5.74) is 0. The molecule has 5 heteroatoms. The van der Waals surface area contributed by atoms with Crippen molar-refractivity contribution in [2.45, 2.75) is 33.1 Å². The maximum Gasteiger partial charge on any atom is 0.306 e. The topological polar surface area (TPSA) is 49.9 Å². The third kappa shape index (κ3) is 10.7. The number of esters is 1. The molecule has 0 fully saturated rings. The summed E-state index contributed by atoms with van der Waals surface area (Å²) in [6.07, 6.45) is 1.50. The van der Waals surface area contributed by atoms with Gasteiger partial charge in [-0.1, -0.05) is 6.92 Å². The van der Waals surface area contributed by atoms with Crippen LogP contribution in [0.1, 0.15) is 33.1 Å². The molecule has 0 aromatic carbocycles. The predicted octanol–water partition coefficient (Wildman–Crippen LogP) is 1.17. The molecule has 0 radical (unpaired) electrons. The molecule has 0 saturated carbocycles. The number of hydrogen-bond acceptors (Lipinski definition) is 5. The molecule has 0 aromatic rings. The summed E-state index contributed by atoms with van der Waals surface area (Å²) in [5, 5.41) is 0. The number of ketones is 1. The lowest BCUT2D eigenvalue weighted by Gasteiger charge is -2.22. The summed E-state index contributed by atoms with van der Waals surface area (Å²) in [6.45, 7) is 7.41. The highest BCUT2D eigenvalue weighted by Crippen LogP contribution is 1.99. The molecule has 0 N–H and O–H groups in total. The van der Waals surface area contributed by atoms with E-state index in [-0.39, 0.29) is 24.6 Å². The predicted molar refractivity (Wildman–Crippen MR) is 76.2 cm³/mol. The monoisotopic (exact) mass is 272 g/mol. The van der Waals surface area contributed by atoms with Gasteiger partial charge in [-0.2, -0.15) is 0 Å². The van der Waals surface area contributed by atoms with Crippen molar-refractivity contribution in [1.29, 1.82) is 0 Å². The number of hydrogen-bond donors (Lipinski definition) is 0. The molecule has 0 atom stereocenters. The number of Topliss-reactive ketones (excluding diaryl/α,β-unsaturated/α-hetero) is 1. The zero-order chi connectivity index (χ0) is 14.7. The molecule has 5 nitrogen and oxygen atoms in total. The van der Waals surface area contributed by atoms with E-state index in [2.05, 4.69) is 16.7 Å². The van der Waals surface area contributed by atoms with Crippen molar-refractivity contribution < 1.29 is 14.3 Å². The molecular formula is C14H28N2O3. The van der Waals surface area contributed by atoms with Crippen LogP contribution >= 0.6 is 0 Å². The largest absolute Gasteiger partial charge is 0.466 e. The van der Waals surface area contributed by atoms with Crippen LogP contribution < -0.4 is 0 Å². The molecule has 0 aliphatic heterocycles. The van der Waals surface area contributed by atoms with Crippen molar-refractivity contribution in [3.8, 4) is 0 Å². The number of rotatable bonds is 11. The second-order valence-corrected chi connectivity index (χ2v) is 4.92. The number of carbonyl (C=O) groups is 2. The van der Waals surface area contributed by atoms with E-state index in [9.17, 15) is 9.59 Å². The summed E-state index contributed by atoms with van der Waals surface area (Å²) in [6, 6.07) is 0. The first-order valence-electron chi connectivity index (χ1n) is 7.04. The van der Waals surface area contributed by atoms with Crippen molar-refractivity contribution in [2.24, 2.45) is 0 Å². The Morgan fingerprint density at radius 3 is 2.21 bits per heavy atom. The first-order valence-corrected chi connectivity index (χ1v) is 7.04. The van der Waals surface area contributed by atoms with E-state index in [4.69, 9.17) is 4.74 Å². The minimum atomic E-state index is -0.286. The third-order valence-corrected chi connectivity index (χ3v) is 2.72. The minimum Gasteiger partial charge on any atom is -0.466 e. The Balaban J connectivity index is 3.98. The molecule has 0 spiro atoms. The maximum absolute atomic E-state index is 11.8. The van der Waals surface area contributed by atoms with Crippen LogP contribution in [0.15, 0.2) is 0 Å². The molecule has 0 aliphatic rings. The van der Waals surface area contributed by atoms with Gasteiger partial charge >= 0.3 is 5.97 Å². The number of ether oxygens (including phenoxy) is 1. The van der Waals surface area contributed by atoms with Crippen molar-refractivity contribution in [3.05, 3.63) is 0 Å². The van der Waals surface area contributed by atoms with Crippen LogP contribution in [0.3, 0.4) is 0 Å². The second-order valence-electron chi connectivity index (χ2n) is 4.92. The van der Waals surface area contributed by atoms with E-state index in [0.717, 1.165) is 26.1 Å². The second kappa shape index (κ2) is 10.9. The summed E-state index contributed by atoms with van der Waals surface area (Å²) in [5.74, 6) is -0.175. The van der Waals surface area contributed by atoms with Crippen LogP contribution in [0.4, 0.5) is 0 Å². The summed E-state index contributed by atoms with van der Waals surface area (Å²) in [7, 11) is 4.04. The van der Waals surface area contributed by atoms with E-state index in [1.807, 2.05) is 14.1 Å². The van der Waals surface area contributed by atoms with E-state index in [0.29, 0.717) is 13.2 Å². The summed E-state index contributed by atoms with van der Waals surface area (Å²) in [4.78, 5) is 27.2. The molecule has 0 heterocycles. The SMILES string of the molecule is CCCN(CCN(C)C)CC(=O)CCC(=O)OCC. The lowest BCUT2D eigenvalue weighted by molar-refractivity contribution is -0.144. The van der Waals surface area contributed by atoms with Gasteiger partial charge in [0.15, 0.2) is 0 Å². The summed E-state index contributed by atoms with van der Waals surface area (Å²) >= 11 is 0. The highest BCUT2D eigenvalue weighted by molar-refractivity contribution is 5.84. The van der Waals surface area contributed by atoms with Gasteiger partial charge in [-0.15, -0.1) is 0 Å². The Morgan fingerprint density at radius 1 is 1.00 bits per heavy atom. The fourth-order valence-electron chi connectivity index (χ4n) is 1.73. The van der Waals surface area contributed by atoms with Crippen molar-refractivity contribution in [3.63, 3.8) is 0 Å². The molecule has 112 valence electrons. The zero-order valence-electron chi connectivity index (χ0n) is 12.8. The lowest BCUT2D eigenvalue weighted by atomic mass is 10.2. The molecule has 0 amide bonds. The highest BCUT2D eigenvalue weighted by Gasteiger charge is 2.12. The molecule has 0 aromatic heterocycles. The Labute approximate surface area is 116 Å². The van der Waals surface area contributed by atoms with Gasteiger partial charge in [-0.25, -0.2) is 0 Å². The molecule has 0 rings (SSSR count). The van der Waals surface area contributed by atoms with E-state index >= 15 is 0 Å². The van der Waals surface area contributed by atoms with Crippen molar-refractivity contribution >= 4 is 11.8 Å². The van der Waals surface area contributed by atoms with Gasteiger partial charge < -0.3 is 9.64 Å². The van der Waals surface area contributed by atoms with Crippen LogP contribution in [0.2, 0.25) is 0 Å². The molecule has 19 heavy (non-hydrogen) atoms. The van der Waals surface area contributed by atoms with Gasteiger partial charge in [-0.3, -0.25) is 14.5 Å². The van der Waals surface area contributed by atoms with Crippen molar-refractivity contribution in [1.82, 2.24) is 9.80 Å². The van der Waals surface area contributed by atoms with Gasteiger partial charge in [0.2, 0.25) is 0 Å². The van der Waals surface area contributed by atoms with Crippen LogP contribution in [-0.4, -0.2) is 68.4 Å². The average molecular weight is 272 g/mol. The van der Waals surface area contributed by atoms with Crippen LogP contribution in [-0.2, 0) is 14.3 Å². The normalized spacial score (nSPS) is 11.1. The van der Waals surface area contributed by atoms with E-state index in [1.54, 1.807) is 6.92 Å². The smallest absolute Gasteiger partial charge is 0.306 e. The Kier molecular flexibility index (Phi) is 10.4. The first kappa shape index (κ1) is 18.1. The van der Waals surface area contributed by atoms with Gasteiger partial charge in [-0.05, 0) is 34.0 Å². The molecule has 0 saturated heterocycles. The maximum atomic E-state index is 11.8. The average Bonchev–Trinajstić information content (AvgIpc) is 2.34.